The van der Waals surface area contributed by atoms with E-state index in [1.54, 1.807) is 0 Å². The van der Waals surface area contributed by atoms with Gasteiger partial charge in [0.05, 0.1) is 5.92 Å². The standard InChI is InChI=1S/C14H17F2NO/c1-2-6-11-12(13(15)16)17(14(11)18)9-10-7-4-3-5-8-10/h3-5,7-8,11-13H,2,6,9H2,1H3/t11-,12+/m0/s1. The number of carbonyl (C=O) groups is 1. The highest BCUT2D eigenvalue weighted by atomic mass is 19.3. The minimum atomic E-state index is -2.46. The summed E-state index contributed by atoms with van der Waals surface area (Å²) in [6, 6.07) is 8.36. The molecule has 1 heterocycles. The summed E-state index contributed by atoms with van der Waals surface area (Å²) in [6.07, 6.45) is -1.14. The molecule has 1 aliphatic rings. The lowest BCUT2D eigenvalue weighted by atomic mass is 9.83. The average molecular weight is 253 g/mol. The zero-order valence-electron chi connectivity index (χ0n) is 10.4. The number of hydrogen-bond donors (Lipinski definition) is 0. The predicted molar refractivity (Wildman–Crippen MR) is 65.2 cm³/mol. The Bertz CT molecular complexity index is 408. The van der Waals surface area contributed by atoms with Gasteiger partial charge in [0.1, 0.15) is 6.04 Å². The van der Waals surface area contributed by atoms with E-state index in [0.29, 0.717) is 6.42 Å². The van der Waals surface area contributed by atoms with Gasteiger partial charge in [0.25, 0.3) is 6.43 Å². The van der Waals surface area contributed by atoms with Crippen molar-refractivity contribution in [2.75, 3.05) is 0 Å². The van der Waals surface area contributed by atoms with E-state index in [4.69, 9.17) is 0 Å². The van der Waals surface area contributed by atoms with Crippen LogP contribution in [-0.4, -0.2) is 23.3 Å². The average Bonchev–Trinajstić information content (AvgIpc) is 2.37. The SMILES string of the molecule is CCC[C@@H]1C(=O)N(Cc2ccccc2)[C@H]1C(F)F. The van der Waals surface area contributed by atoms with Crippen LogP contribution in [0.2, 0.25) is 0 Å². The zero-order chi connectivity index (χ0) is 13.1. The number of halogens is 2. The molecule has 98 valence electrons. The van der Waals surface area contributed by atoms with E-state index in [0.717, 1.165) is 12.0 Å². The van der Waals surface area contributed by atoms with Gasteiger partial charge in [-0.1, -0.05) is 43.7 Å². The first-order chi connectivity index (χ1) is 8.65. The smallest absolute Gasteiger partial charge is 0.259 e. The van der Waals surface area contributed by atoms with E-state index in [1.165, 1.54) is 4.90 Å². The fourth-order valence-corrected chi connectivity index (χ4v) is 2.52. The molecule has 0 saturated carbocycles. The van der Waals surface area contributed by atoms with Crippen LogP contribution in [0.3, 0.4) is 0 Å². The summed E-state index contributed by atoms with van der Waals surface area (Å²) in [5.74, 6) is -0.621. The largest absolute Gasteiger partial charge is 0.329 e. The van der Waals surface area contributed by atoms with E-state index >= 15 is 0 Å². The highest BCUT2D eigenvalue weighted by Crippen LogP contribution is 2.35. The summed E-state index contributed by atoms with van der Waals surface area (Å²) in [5.41, 5.74) is 0.895. The molecule has 0 radical (unpaired) electrons. The van der Waals surface area contributed by atoms with Crippen molar-refractivity contribution >= 4 is 5.91 Å². The van der Waals surface area contributed by atoms with Crippen molar-refractivity contribution in [1.29, 1.82) is 0 Å². The van der Waals surface area contributed by atoms with E-state index in [1.807, 2.05) is 37.3 Å². The Labute approximate surface area is 106 Å². The number of rotatable bonds is 5. The third kappa shape index (κ3) is 2.37. The van der Waals surface area contributed by atoms with E-state index in [2.05, 4.69) is 0 Å². The minimum absolute atomic E-state index is 0.133. The number of amides is 1. The molecule has 4 heteroatoms. The second-order valence-electron chi connectivity index (χ2n) is 4.67. The van der Waals surface area contributed by atoms with Gasteiger partial charge >= 0.3 is 0 Å². The second kappa shape index (κ2) is 5.46. The zero-order valence-corrected chi connectivity index (χ0v) is 10.4. The topological polar surface area (TPSA) is 20.3 Å². The van der Waals surface area contributed by atoms with Crippen molar-refractivity contribution in [3.8, 4) is 0 Å². The number of hydrogen-bond acceptors (Lipinski definition) is 1. The van der Waals surface area contributed by atoms with Crippen LogP contribution in [0.5, 0.6) is 0 Å². The lowest BCUT2D eigenvalue weighted by Gasteiger charge is -2.46. The second-order valence-corrected chi connectivity index (χ2v) is 4.67. The molecule has 1 amide bonds. The molecule has 0 aliphatic carbocycles. The molecule has 1 aliphatic heterocycles. The Morgan fingerprint density at radius 1 is 1.28 bits per heavy atom. The molecule has 0 unspecified atom stereocenters. The highest BCUT2D eigenvalue weighted by Gasteiger charge is 2.50. The van der Waals surface area contributed by atoms with Crippen molar-refractivity contribution in [3.05, 3.63) is 35.9 Å². The Balaban J connectivity index is 2.06. The van der Waals surface area contributed by atoms with Crippen LogP contribution in [0, 0.1) is 5.92 Å². The molecule has 0 bridgehead atoms. The Kier molecular flexibility index (Phi) is 3.94. The number of carbonyl (C=O) groups excluding carboxylic acids is 1. The van der Waals surface area contributed by atoms with Gasteiger partial charge in [-0.15, -0.1) is 0 Å². The van der Waals surface area contributed by atoms with E-state index in [9.17, 15) is 13.6 Å². The normalized spacial score (nSPS) is 23.3. The lowest BCUT2D eigenvalue weighted by Crippen LogP contribution is -2.63. The van der Waals surface area contributed by atoms with Crippen LogP contribution >= 0.6 is 0 Å². The van der Waals surface area contributed by atoms with E-state index < -0.39 is 18.4 Å². The summed E-state index contributed by atoms with van der Waals surface area (Å²) in [5, 5.41) is 0. The molecule has 1 aromatic carbocycles. The van der Waals surface area contributed by atoms with Crippen LogP contribution in [0.4, 0.5) is 8.78 Å². The molecule has 1 saturated heterocycles. The van der Waals surface area contributed by atoms with Gasteiger partial charge in [-0.2, -0.15) is 0 Å². The minimum Gasteiger partial charge on any atom is -0.329 e. The van der Waals surface area contributed by atoms with Crippen LogP contribution in [-0.2, 0) is 11.3 Å². The third-order valence-corrected chi connectivity index (χ3v) is 3.43. The monoisotopic (exact) mass is 253 g/mol. The molecular weight excluding hydrogens is 236 g/mol. The molecule has 0 aromatic heterocycles. The maximum Gasteiger partial charge on any atom is 0.259 e. The fourth-order valence-electron chi connectivity index (χ4n) is 2.52. The maximum atomic E-state index is 13.0. The van der Waals surface area contributed by atoms with Gasteiger partial charge in [0, 0.05) is 6.54 Å². The van der Waals surface area contributed by atoms with E-state index in [-0.39, 0.29) is 12.5 Å². The van der Waals surface area contributed by atoms with Crippen LogP contribution in [0.1, 0.15) is 25.3 Å². The van der Waals surface area contributed by atoms with Crippen molar-refractivity contribution in [2.24, 2.45) is 5.92 Å². The van der Waals surface area contributed by atoms with Crippen molar-refractivity contribution in [3.63, 3.8) is 0 Å². The summed E-state index contributed by atoms with van der Waals surface area (Å²) in [6.45, 7) is 2.20. The van der Waals surface area contributed by atoms with Crippen LogP contribution < -0.4 is 0 Å². The highest BCUT2D eigenvalue weighted by molar-refractivity contribution is 5.86. The number of benzene rings is 1. The molecule has 2 nitrogen and oxygen atoms in total. The lowest BCUT2D eigenvalue weighted by molar-refractivity contribution is -0.169. The summed E-state index contributed by atoms with van der Waals surface area (Å²) >= 11 is 0. The van der Waals surface area contributed by atoms with Crippen molar-refractivity contribution in [1.82, 2.24) is 4.90 Å². The number of likely N-dealkylation sites (tertiary alicyclic amines) is 1. The third-order valence-electron chi connectivity index (χ3n) is 3.43. The summed E-state index contributed by atoms with van der Waals surface area (Å²) in [4.78, 5) is 13.2. The molecule has 1 aromatic rings. The van der Waals surface area contributed by atoms with Gasteiger partial charge in [-0.3, -0.25) is 4.79 Å². The molecule has 0 spiro atoms. The molecule has 0 N–H and O–H groups in total. The van der Waals surface area contributed by atoms with Gasteiger partial charge in [0.15, 0.2) is 0 Å². The number of β-lactam (4-membered cyclic amide) rings is 1. The summed E-state index contributed by atoms with van der Waals surface area (Å²) in [7, 11) is 0. The van der Waals surface area contributed by atoms with Crippen molar-refractivity contribution in [2.45, 2.75) is 38.8 Å². The maximum absolute atomic E-state index is 13.0. The number of nitrogens with zero attached hydrogens (tertiary/aromatic N) is 1. The van der Waals surface area contributed by atoms with Crippen LogP contribution in [0.15, 0.2) is 30.3 Å². The first-order valence-electron chi connectivity index (χ1n) is 6.27. The Morgan fingerprint density at radius 2 is 1.94 bits per heavy atom. The molecule has 2 atom stereocenters. The molecule has 2 rings (SSSR count). The van der Waals surface area contributed by atoms with Crippen molar-refractivity contribution < 1.29 is 13.6 Å². The van der Waals surface area contributed by atoms with Gasteiger partial charge < -0.3 is 4.90 Å². The summed E-state index contributed by atoms with van der Waals surface area (Å²) < 4.78 is 26.0. The Morgan fingerprint density at radius 3 is 2.50 bits per heavy atom. The molecule has 18 heavy (non-hydrogen) atoms. The van der Waals surface area contributed by atoms with Crippen LogP contribution in [0.25, 0.3) is 0 Å². The first-order valence-corrected chi connectivity index (χ1v) is 6.27. The fraction of sp³-hybridized carbons (Fsp3) is 0.500. The molecular formula is C14H17F2NO. The number of alkyl halides is 2. The molecule has 1 fully saturated rings. The first kappa shape index (κ1) is 13.0. The Hall–Kier alpha value is -1.45. The van der Waals surface area contributed by atoms with Gasteiger partial charge in [-0.25, -0.2) is 8.78 Å². The van der Waals surface area contributed by atoms with Gasteiger partial charge in [-0.05, 0) is 12.0 Å². The predicted octanol–water partition coefficient (Wildman–Crippen LogP) is 3.08. The van der Waals surface area contributed by atoms with Gasteiger partial charge in [0.2, 0.25) is 5.91 Å². The quantitative estimate of drug-likeness (QED) is 0.738.